The Kier molecular flexibility index (Phi) is 3.31. The second kappa shape index (κ2) is 4.58. The van der Waals surface area contributed by atoms with Gasteiger partial charge in [-0.15, -0.1) is 0 Å². The molecule has 0 spiro atoms. The molecule has 0 fully saturated rings. The van der Waals surface area contributed by atoms with E-state index in [1.54, 1.807) is 10.6 Å². The van der Waals surface area contributed by atoms with Crippen molar-refractivity contribution < 1.29 is 4.39 Å². The Bertz CT molecular complexity index is 603. The van der Waals surface area contributed by atoms with Crippen LogP contribution in [-0.2, 0) is 0 Å². The number of rotatable bonds is 2. The number of aromatic amines is 1. The van der Waals surface area contributed by atoms with Crippen LogP contribution in [0.1, 0.15) is 19.9 Å². The zero-order valence-electron chi connectivity index (χ0n) is 9.37. The van der Waals surface area contributed by atoms with Gasteiger partial charge in [-0.3, -0.25) is 9.67 Å². The molecule has 0 aliphatic carbocycles. The first-order valence-electron chi connectivity index (χ1n) is 5.13. The Labute approximate surface area is 108 Å². The Morgan fingerprint density at radius 2 is 2.18 bits per heavy atom. The van der Waals surface area contributed by atoms with Gasteiger partial charge in [-0.2, -0.15) is 5.10 Å². The van der Waals surface area contributed by atoms with Crippen LogP contribution in [0.25, 0.3) is 11.4 Å². The molecule has 1 N–H and O–H groups in total. The van der Waals surface area contributed by atoms with Gasteiger partial charge < -0.3 is 0 Å². The number of benzene rings is 1. The third-order valence-electron chi connectivity index (χ3n) is 2.39. The number of aromatic nitrogens is 3. The summed E-state index contributed by atoms with van der Waals surface area (Å²) in [6.07, 6.45) is 0. The molecule has 0 amide bonds. The van der Waals surface area contributed by atoms with Crippen LogP contribution in [0, 0.1) is 10.6 Å². The predicted molar refractivity (Wildman–Crippen MR) is 68.2 cm³/mol. The smallest absolute Gasteiger partial charge is 0.195 e. The number of hydrogen-bond donors (Lipinski definition) is 1. The molecular formula is C11H11ClFN3S. The molecule has 6 heteroatoms. The van der Waals surface area contributed by atoms with E-state index in [0.717, 1.165) is 0 Å². The summed E-state index contributed by atoms with van der Waals surface area (Å²) in [7, 11) is 0. The Morgan fingerprint density at radius 1 is 1.47 bits per heavy atom. The maximum atomic E-state index is 13.7. The molecule has 17 heavy (non-hydrogen) atoms. The van der Waals surface area contributed by atoms with Gasteiger partial charge in [0.05, 0.1) is 5.56 Å². The molecule has 0 atom stereocenters. The second-order valence-electron chi connectivity index (χ2n) is 3.94. The second-order valence-corrected chi connectivity index (χ2v) is 4.76. The van der Waals surface area contributed by atoms with E-state index in [1.807, 2.05) is 13.8 Å². The van der Waals surface area contributed by atoms with Crippen LogP contribution in [0.2, 0.25) is 5.02 Å². The zero-order valence-corrected chi connectivity index (χ0v) is 10.9. The van der Waals surface area contributed by atoms with Gasteiger partial charge in [0, 0.05) is 11.1 Å². The highest BCUT2D eigenvalue weighted by atomic mass is 35.5. The van der Waals surface area contributed by atoms with Crippen LogP contribution in [0.5, 0.6) is 0 Å². The van der Waals surface area contributed by atoms with Crippen molar-refractivity contribution in [2.75, 3.05) is 0 Å². The van der Waals surface area contributed by atoms with Crippen molar-refractivity contribution >= 4 is 23.8 Å². The average Bonchev–Trinajstić information content (AvgIpc) is 2.64. The summed E-state index contributed by atoms with van der Waals surface area (Å²) in [5, 5.41) is 7.19. The van der Waals surface area contributed by atoms with Gasteiger partial charge in [-0.05, 0) is 44.3 Å². The van der Waals surface area contributed by atoms with E-state index in [-0.39, 0.29) is 11.9 Å². The molecule has 3 nitrogen and oxygen atoms in total. The maximum Gasteiger partial charge on any atom is 0.195 e. The van der Waals surface area contributed by atoms with E-state index in [2.05, 4.69) is 10.2 Å². The lowest BCUT2D eigenvalue weighted by Gasteiger charge is -2.10. The molecule has 0 unspecified atom stereocenters. The summed E-state index contributed by atoms with van der Waals surface area (Å²) in [6.45, 7) is 3.91. The molecule has 0 saturated heterocycles. The highest BCUT2D eigenvalue weighted by Gasteiger charge is 2.15. The van der Waals surface area contributed by atoms with Crippen LogP contribution in [0.15, 0.2) is 18.2 Å². The summed E-state index contributed by atoms with van der Waals surface area (Å²) in [4.78, 5) is 0. The fourth-order valence-corrected chi connectivity index (χ4v) is 2.16. The van der Waals surface area contributed by atoms with Crippen LogP contribution in [0.4, 0.5) is 4.39 Å². The average molecular weight is 272 g/mol. The summed E-state index contributed by atoms with van der Waals surface area (Å²) in [5.41, 5.74) is 0.346. The Balaban J connectivity index is 2.69. The van der Waals surface area contributed by atoms with Gasteiger partial charge in [-0.1, -0.05) is 11.6 Å². The van der Waals surface area contributed by atoms with Gasteiger partial charge in [0.1, 0.15) is 5.82 Å². The SMILES string of the molecule is CC(C)n1c(-c2cc(Cl)ccc2F)n[nH]c1=S. The van der Waals surface area contributed by atoms with Gasteiger partial charge >= 0.3 is 0 Å². The molecule has 1 heterocycles. The number of hydrogen-bond acceptors (Lipinski definition) is 2. The Hall–Kier alpha value is -1.20. The fourth-order valence-electron chi connectivity index (χ4n) is 1.64. The van der Waals surface area contributed by atoms with Crippen LogP contribution >= 0.6 is 23.8 Å². The van der Waals surface area contributed by atoms with Gasteiger partial charge in [0.25, 0.3) is 0 Å². The summed E-state index contributed by atoms with van der Waals surface area (Å²) in [6, 6.07) is 4.46. The molecule has 90 valence electrons. The van der Waals surface area contributed by atoms with Crippen molar-refractivity contribution in [2.24, 2.45) is 0 Å². The molecule has 1 aromatic carbocycles. The highest BCUT2D eigenvalue weighted by Crippen LogP contribution is 2.26. The van der Waals surface area contributed by atoms with Crippen molar-refractivity contribution in [1.29, 1.82) is 0 Å². The fraction of sp³-hybridized carbons (Fsp3) is 0.273. The number of H-pyrrole nitrogens is 1. The molecule has 2 aromatic rings. The number of nitrogens with zero attached hydrogens (tertiary/aromatic N) is 2. The summed E-state index contributed by atoms with van der Waals surface area (Å²) in [5.74, 6) is 0.0929. The van der Waals surface area contributed by atoms with Crippen molar-refractivity contribution in [3.63, 3.8) is 0 Å². The third kappa shape index (κ3) is 2.25. The first kappa shape index (κ1) is 12.3. The number of halogens is 2. The van der Waals surface area contributed by atoms with E-state index in [0.29, 0.717) is 21.2 Å². The predicted octanol–water partition coefficient (Wildman–Crippen LogP) is 3.98. The minimum absolute atomic E-state index is 0.0923. The lowest BCUT2D eigenvalue weighted by molar-refractivity contribution is 0.589. The summed E-state index contributed by atoms with van der Waals surface area (Å²) >= 11 is 11.0. The molecular weight excluding hydrogens is 261 g/mol. The van der Waals surface area contributed by atoms with E-state index in [4.69, 9.17) is 23.8 Å². The van der Waals surface area contributed by atoms with E-state index >= 15 is 0 Å². The van der Waals surface area contributed by atoms with E-state index in [9.17, 15) is 4.39 Å². The molecule has 0 aliphatic heterocycles. The molecule has 0 saturated carbocycles. The molecule has 2 rings (SSSR count). The lowest BCUT2D eigenvalue weighted by atomic mass is 10.2. The molecule has 1 aromatic heterocycles. The van der Waals surface area contributed by atoms with Gasteiger partial charge in [0.15, 0.2) is 10.6 Å². The zero-order chi connectivity index (χ0) is 12.6. The van der Waals surface area contributed by atoms with E-state index < -0.39 is 0 Å². The minimum Gasteiger partial charge on any atom is -0.298 e. The summed E-state index contributed by atoms with van der Waals surface area (Å²) < 4.78 is 16.0. The van der Waals surface area contributed by atoms with Crippen molar-refractivity contribution in [2.45, 2.75) is 19.9 Å². The minimum atomic E-state index is -0.370. The van der Waals surface area contributed by atoms with Gasteiger partial charge in [-0.25, -0.2) is 4.39 Å². The van der Waals surface area contributed by atoms with Crippen LogP contribution in [-0.4, -0.2) is 14.8 Å². The monoisotopic (exact) mass is 271 g/mol. The van der Waals surface area contributed by atoms with Crippen LogP contribution < -0.4 is 0 Å². The van der Waals surface area contributed by atoms with Gasteiger partial charge in [0.2, 0.25) is 0 Å². The maximum absolute atomic E-state index is 13.7. The van der Waals surface area contributed by atoms with Crippen molar-refractivity contribution in [3.05, 3.63) is 33.8 Å². The molecule has 0 bridgehead atoms. The molecule has 0 radical (unpaired) electrons. The van der Waals surface area contributed by atoms with Crippen LogP contribution in [0.3, 0.4) is 0 Å². The van der Waals surface area contributed by atoms with E-state index in [1.165, 1.54) is 12.1 Å². The normalized spacial score (nSPS) is 11.1. The topological polar surface area (TPSA) is 33.6 Å². The highest BCUT2D eigenvalue weighted by molar-refractivity contribution is 7.71. The standard InChI is InChI=1S/C11H11ClFN3S/c1-6(2)16-10(14-15-11(16)17)8-5-7(12)3-4-9(8)13/h3-6H,1-2H3,(H,15,17). The first-order valence-corrected chi connectivity index (χ1v) is 5.91. The first-order chi connectivity index (χ1) is 8.00. The largest absolute Gasteiger partial charge is 0.298 e. The molecule has 0 aliphatic rings. The third-order valence-corrected chi connectivity index (χ3v) is 2.91. The number of nitrogens with one attached hydrogen (secondary N) is 1. The van der Waals surface area contributed by atoms with Crippen molar-refractivity contribution in [3.8, 4) is 11.4 Å². The Morgan fingerprint density at radius 3 is 2.82 bits per heavy atom. The quantitative estimate of drug-likeness (QED) is 0.838. The van der Waals surface area contributed by atoms with Crippen molar-refractivity contribution in [1.82, 2.24) is 14.8 Å². The lowest BCUT2D eigenvalue weighted by Crippen LogP contribution is -2.04.